The lowest BCUT2D eigenvalue weighted by Gasteiger charge is -2.06. The van der Waals surface area contributed by atoms with Crippen LogP contribution in [0.4, 0.5) is 5.69 Å². The molecule has 0 saturated carbocycles. The summed E-state index contributed by atoms with van der Waals surface area (Å²) in [4.78, 5) is 22.7. The molecular weight excluding hydrogens is 228 g/mol. The molecule has 2 N–H and O–H groups in total. The van der Waals surface area contributed by atoms with Gasteiger partial charge < -0.3 is 10.6 Å². The number of carbonyl (C=O) groups is 2. The molecule has 0 aliphatic carbocycles. The summed E-state index contributed by atoms with van der Waals surface area (Å²) >= 11 is 0. The Hall–Kier alpha value is -1.84. The van der Waals surface area contributed by atoms with Gasteiger partial charge in [-0.25, -0.2) is 0 Å². The Morgan fingerprint density at radius 3 is 2.28 bits per heavy atom. The quantitative estimate of drug-likeness (QED) is 0.784. The zero-order valence-corrected chi connectivity index (χ0v) is 11.0. The highest BCUT2D eigenvalue weighted by atomic mass is 16.2. The number of aryl methyl sites for hydroxylation is 1. The first kappa shape index (κ1) is 14.2. The van der Waals surface area contributed by atoms with Crippen molar-refractivity contribution < 1.29 is 9.59 Å². The minimum atomic E-state index is -0.627. The maximum Gasteiger partial charge on any atom is 0.313 e. The fourth-order valence-electron chi connectivity index (χ4n) is 1.56. The molecule has 0 heterocycles. The van der Waals surface area contributed by atoms with Crippen molar-refractivity contribution in [1.82, 2.24) is 5.32 Å². The predicted molar refractivity (Wildman–Crippen MR) is 72.4 cm³/mol. The Balaban J connectivity index is 2.52. The zero-order valence-electron chi connectivity index (χ0n) is 11.0. The van der Waals surface area contributed by atoms with E-state index in [2.05, 4.69) is 17.6 Å². The van der Waals surface area contributed by atoms with Crippen molar-refractivity contribution in [3.63, 3.8) is 0 Å². The first-order valence-electron chi connectivity index (χ1n) is 6.35. The third-order valence-corrected chi connectivity index (χ3v) is 2.57. The van der Waals surface area contributed by atoms with Gasteiger partial charge >= 0.3 is 11.8 Å². The van der Waals surface area contributed by atoms with E-state index >= 15 is 0 Å². The van der Waals surface area contributed by atoms with E-state index in [-0.39, 0.29) is 0 Å². The molecule has 0 spiro atoms. The molecule has 0 atom stereocenters. The number of benzene rings is 1. The number of hydrogen-bond acceptors (Lipinski definition) is 2. The van der Waals surface area contributed by atoms with E-state index in [9.17, 15) is 9.59 Å². The Morgan fingerprint density at radius 2 is 1.72 bits per heavy atom. The Bertz CT molecular complexity index is 399. The number of nitrogens with one attached hydrogen (secondary N) is 2. The lowest BCUT2D eigenvalue weighted by Crippen LogP contribution is -2.35. The van der Waals surface area contributed by atoms with Crippen molar-refractivity contribution >= 4 is 17.5 Å². The van der Waals surface area contributed by atoms with E-state index < -0.39 is 11.8 Å². The van der Waals surface area contributed by atoms with Crippen molar-refractivity contribution in [2.24, 2.45) is 0 Å². The topological polar surface area (TPSA) is 58.2 Å². The maximum atomic E-state index is 11.4. The van der Waals surface area contributed by atoms with E-state index in [1.165, 1.54) is 5.56 Å². The molecule has 1 aromatic carbocycles. The van der Waals surface area contributed by atoms with Crippen LogP contribution in [-0.4, -0.2) is 18.4 Å². The summed E-state index contributed by atoms with van der Waals surface area (Å²) in [5, 5.41) is 5.01. The SMILES string of the molecule is CCCCc1ccc(NC(=O)C(=O)NCC)cc1. The third kappa shape index (κ3) is 4.57. The molecule has 0 unspecified atom stereocenters. The first-order valence-corrected chi connectivity index (χ1v) is 6.35. The molecule has 0 aromatic heterocycles. The van der Waals surface area contributed by atoms with Crippen LogP contribution in [0.1, 0.15) is 32.3 Å². The minimum Gasteiger partial charge on any atom is -0.348 e. The van der Waals surface area contributed by atoms with E-state index in [0.717, 1.165) is 19.3 Å². The van der Waals surface area contributed by atoms with Crippen molar-refractivity contribution in [2.75, 3.05) is 11.9 Å². The number of unbranched alkanes of at least 4 members (excludes halogenated alkanes) is 1. The average molecular weight is 248 g/mol. The molecule has 0 aliphatic rings. The Labute approximate surface area is 108 Å². The van der Waals surface area contributed by atoms with E-state index in [4.69, 9.17) is 0 Å². The molecule has 98 valence electrons. The minimum absolute atomic E-state index is 0.447. The molecule has 18 heavy (non-hydrogen) atoms. The average Bonchev–Trinajstić information content (AvgIpc) is 2.38. The zero-order chi connectivity index (χ0) is 13.4. The lowest BCUT2D eigenvalue weighted by atomic mass is 10.1. The van der Waals surface area contributed by atoms with Crippen molar-refractivity contribution in [1.29, 1.82) is 0 Å². The number of likely N-dealkylation sites (N-methyl/N-ethyl adjacent to an activating group) is 1. The van der Waals surface area contributed by atoms with Gasteiger partial charge in [-0.1, -0.05) is 25.5 Å². The molecule has 2 amide bonds. The Kier molecular flexibility index (Phi) is 5.91. The molecule has 0 aliphatic heterocycles. The predicted octanol–water partition coefficient (Wildman–Crippen LogP) is 2.10. The molecule has 0 fully saturated rings. The van der Waals surface area contributed by atoms with Crippen LogP contribution in [0, 0.1) is 0 Å². The van der Waals surface area contributed by atoms with Gasteiger partial charge in [0.1, 0.15) is 0 Å². The molecule has 4 nitrogen and oxygen atoms in total. The highest BCUT2D eigenvalue weighted by molar-refractivity contribution is 6.39. The largest absolute Gasteiger partial charge is 0.348 e. The summed E-state index contributed by atoms with van der Waals surface area (Å²) in [6.45, 7) is 4.37. The van der Waals surface area contributed by atoms with Gasteiger partial charge in [-0.2, -0.15) is 0 Å². The smallest absolute Gasteiger partial charge is 0.313 e. The third-order valence-electron chi connectivity index (χ3n) is 2.57. The van der Waals surface area contributed by atoms with Crippen LogP contribution in [0.25, 0.3) is 0 Å². The first-order chi connectivity index (χ1) is 8.67. The highest BCUT2D eigenvalue weighted by Gasteiger charge is 2.11. The summed E-state index contributed by atoms with van der Waals surface area (Å²) in [5.41, 5.74) is 1.89. The van der Waals surface area contributed by atoms with E-state index in [0.29, 0.717) is 12.2 Å². The second-order valence-corrected chi connectivity index (χ2v) is 4.11. The van der Waals surface area contributed by atoms with Crippen LogP contribution >= 0.6 is 0 Å². The molecular formula is C14H20N2O2. The van der Waals surface area contributed by atoms with Crippen LogP contribution in [0.2, 0.25) is 0 Å². The maximum absolute atomic E-state index is 11.4. The number of carbonyl (C=O) groups excluding carboxylic acids is 2. The summed E-state index contributed by atoms with van der Waals surface area (Å²) in [7, 11) is 0. The van der Waals surface area contributed by atoms with Crippen LogP contribution in [-0.2, 0) is 16.0 Å². The molecule has 0 radical (unpaired) electrons. The highest BCUT2D eigenvalue weighted by Crippen LogP contribution is 2.11. The summed E-state index contributed by atoms with van der Waals surface area (Å²) in [5.74, 6) is -1.23. The van der Waals surface area contributed by atoms with Crippen molar-refractivity contribution in [3.05, 3.63) is 29.8 Å². The van der Waals surface area contributed by atoms with Crippen molar-refractivity contribution in [2.45, 2.75) is 33.1 Å². The van der Waals surface area contributed by atoms with Gasteiger partial charge in [-0.05, 0) is 37.5 Å². The molecule has 1 aromatic rings. The van der Waals surface area contributed by atoms with Gasteiger partial charge in [-0.15, -0.1) is 0 Å². The van der Waals surface area contributed by atoms with Gasteiger partial charge in [0, 0.05) is 12.2 Å². The van der Waals surface area contributed by atoms with Gasteiger partial charge in [-0.3, -0.25) is 9.59 Å². The fourth-order valence-corrected chi connectivity index (χ4v) is 1.56. The summed E-state index contributed by atoms with van der Waals surface area (Å²) < 4.78 is 0. The van der Waals surface area contributed by atoms with Gasteiger partial charge in [0.25, 0.3) is 0 Å². The van der Waals surface area contributed by atoms with Crippen LogP contribution in [0.15, 0.2) is 24.3 Å². The standard InChI is InChI=1S/C14H20N2O2/c1-3-5-6-11-7-9-12(10-8-11)16-14(18)13(17)15-4-2/h7-10H,3-6H2,1-2H3,(H,15,17)(H,16,18). The fraction of sp³-hybridized carbons (Fsp3) is 0.429. The van der Waals surface area contributed by atoms with Crippen LogP contribution in [0.3, 0.4) is 0 Å². The number of anilines is 1. The second-order valence-electron chi connectivity index (χ2n) is 4.11. The number of amides is 2. The van der Waals surface area contributed by atoms with Crippen LogP contribution in [0.5, 0.6) is 0 Å². The molecule has 1 rings (SSSR count). The molecule has 0 saturated heterocycles. The van der Waals surface area contributed by atoms with Gasteiger partial charge in [0.05, 0.1) is 0 Å². The van der Waals surface area contributed by atoms with Crippen LogP contribution < -0.4 is 10.6 Å². The normalized spacial score (nSPS) is 9.89. The molecule has 4 heteroatoms. The number of hydrogen-bond donors (Lipinski definition) is 2. The van der Waals surface area contributed by atoms with Gasteiger partial charge in [0.15, 0.2) is 0 Å². The summed E-state index contributed by atoms with van der Waals surface area (Å²) in [6, 6.07) is 7.59. The molecule has 0 bridgehead atoms. The second kappa shape index (κ2) is 7.48. The van der Waals surface area contributed by atoms with Gasteiger partial charge in [0.2, 0.25) is 0 Å². The van der Waals surface area contributed by atoms with Crippen molar-refractivity contribution in [3.8, 4) is 0 Å². The summed E-state index contributed by atoms with van der Waals surface area (Å²) in [6.07, 6.45) is 3.36. The van der Waals surface area contributed by atoms with E-state index in [1.807, 2.05) is 24.3 Å². The van der Waals surface area contributed by atoms with E-state index in [1.54, 1.807) is 6.92 Å². The Morgan fingerprint density at radius 1 is 1.06 bits per heavy atom. The number of rotatable bonds is 5. The lowest BCUT2D eigenvalue weighted by molar-refractivity contribution is -0.136. The monoisotopic (exact) mass is 248 g/mol.